The highest BCUT2D eigenvalue weighted by Crippen LogP contribution is 2.07. The first-order chi connectivity index (χ1) is 4.74. The van der Waals surface area contributed by atoms with Crippen LogP contribution in [0, 0.1) is 6.92 Å². The third-order valence-corrected chi connectivity index (χ3v) is 1.78. The highest BCUT2D eigenvalue weighted by molar-refractivity contribution is 6.52. The van der Waals surface area contributed by atoms with Crippen molar-refractivity contribution < 1.29 is 0 Å². The topological polar surface area (TPSA) is 0 Å². The van der Waals surface area contributed by atoms with Crippen LogP contribution in [-0.4, -0.2) is 7.28 Å². The van der Waals surface area contributed by atoms with E-state index in [0.29, 0.717) is 0 Å². The predicted octanol–water partition coefficient (Wildman–Crippen LogP) is 2.03. The normalized spacial score (nSPS) is 9.90. The average molecular weight is 151 g/mol. The summed E-state index contributed by atoms with van der Waals surface area (Å²) in [6.45, 7) is 4.08. The van der Waals surface area contributed by atoms with Gasteiger partial charge < -0.3 is 7.28 Å². The number of hydrogen-bond donors (Lipinski definition) is 0. The maximum absolute atomic E-state index is 5.76. The maximum atomic E-state index is 5.76. The van der Waals surface area contributed by atoms with Crippen LogP contribution in [0.4, 0.5) is 0 Å². The number of benzene rings is 1. The van der Waals surface area contributed by atoms with Gasteiger partial charge in [-0.1, -0.05) is 17.2 Å². The first-order valence-corrected chi connectivity index (χ1v) is 3.67. The second-order valence-electron chi connectivity index (χ2n) is 2.29. The molecule has 0 N–H and O–H groups in total. The summed E-state index contributed by atoms with van der Waals surface area (Å²) in [6.07, 6.45) is 0. The molecule has 0 saturated carbocycles. The van der Waals surface area contributed by atoms with Crippen molar-refractivity contribution in [2.24, 2.45) is 0 Å². The van der Waals surface area contributed by atoms with E-state index in [1.807, 2.05) is 25.0 Å². The molecule has 0 heterocycles. The van der Waals surface area contributed by atoms with Crippen molar-refractivity contribution in [3.63, 3.8) is 0 Å². The van der Waals surface area contributed by atoms with Crippen LogP contribution in [0.1, 0.15) is 5.56 Å². The van der Waals surface area contributed by atoms with Crippen molar-refractivity contribution in [3.05, 3.63) is 28.8 Å². The van der Waals surface area contributed by atoms with Crippen LogP contribution in [0.15, 0.2) is 18.2 Å². The second kappa shape index (κ2) is 3.11. The largest absolute Gasteiger partial charge is 0.301 e. The Morgan fingerprint density at radius 3 is 2.60 bits per heavy atom. The van der Waals surface area contributed by atoms with Crippen molar-refractivity contribution in [2.45, 2.75) is 13.7 Å². The molecule has 0 fully saturated rings. The Morgan fingerprint density at radius 1 is 1.40 bits per heavy atom. The van der Waals surface area contributed by atoms with E-state index < -0.39 is 0 Å². The van der Waals surface area contributed by atoms with E-state index in [1.54, 1.807) is 0 Å². The number of hydrogen-bond acceptors (Lipinski definition) is 0. The van der Waals surface area contributed by atoms with Gasteiger partial charge in [-0.2, -0.15) is 0 Å². The third kappa shape index (κ3) is 1.54. The molecule has 0 aliphatic rings. The Hall–Kier alpha value is -0.425. The van der Waals surface area contributed by atoms with Crippen LogP contribution in [-0.2, 0) is 0 Å². The second-order valence-corrected chi connectivity index (χ2v) is 2.73. The molecule has 0 spiro atoms. The van der Waals surface area contributed by atoms with E-state index >= 15 is 0 Å². The SMILES string of the molecule is C[B-]c1ccc(Cl)cc1C. The van der Waals surface area contributed by atoms with Crippen LogP contribution >= 0.6 is 11.6 Å². The van der Waals surface area contributed by atoms with Gasteiger partial charge in [0.05, 0.1) is 0 Å². The van der Waals surface area contributed by atoms with Gasteiger partial charge in [-0.15, -0.1) is 6.07 Å². The monoisotopic (exact) mass is 151 g/mol. The quantitative estimate of drug-likeness (QED) is 0.539. The molecule has 2 radical (unpaired) electrons. The lowest BCUT2D eigenvalue weighted by molar-refractivity contribution is 1.51. The molecule has 2 heteroatoms. The molecule has 0 bridgehead atoms. The van der Waals surface area contributed by atoms with Crippen LogP contribution in [0.25, 0.3) is 0 Å². The van der Waals surface area contributed by atoms with Crippen LogP contribution in [0.3, 0.4) is 0 Å². The van der Waals surface area contributed by atoms with Crippen molar-refractivity contribution in [1.29, 1.82) is 0 Å². The fourth-order valence-corrected chi connectivity index (χ4v) is 1.19. The summed E-state index contributed by atoms with van der Waals surface area (Å²) in [5.41, 5.74) is 2.49. The minimum atomic E-state index is 0.808. The molecule has 0 unspecified atom stereocenters. The molecule has 1 aromatic rings. The molecule has 0 amide bonds. The fraction of sp³-hybridized carbons (Fsp3) is 0.250. The van der Waals surface area contributed by atoms with Crippen LogP contribution < -0.4 is 5.46 Å². The summed E-state index contributed by atoms with van der Waals surface area (Å²) in [6, 6.07) is 5.90. The molecule has 10 heavy (non-hydrogen) atoms. The Kier molecular flexibility index (Phi) is 2.39. The van der Waals surface area contributed by atoms with E-state index in [9.17, 15) is 0 Å². The lowest BCUT2D eigenvalue weighted by Gasteiger charge is -2.13. The minimum Gasteiger partial charge on any atom is -0.301 e. The zero-order valence-electron chi connectivity index (χ0n) is 6.19. The van der Waals surface area contributed by atoms with E-state index in [4.69, 9.17) is 11.6 Å². The molecule has 1 aromatic carbocycles. The van der Waals surface area contributed by atoms with E-state index in [2.05, 4.69) is 14.2 Å². The van der Waals surface area contributed by atoms with Crippen molar-refractivity contribution in [2.75, 3.05) is 0 Å². The Balaban J connectivity index is 3.07. The number of halogens is 1. The molecular weight excluding hydrogens is 142 g/mol. The molecule has 0 atom stereocenters. The van der Waals surface area contributed by atoms with Gasteiger partial charge in [-0.05, 0) is 19.1 Å². The van der Waals surface area contributed by atoms with Gasteiger partial charge in [-0.3, -0.25) is 5.46 Å². The number of aryl methyl sites for hydroxylation is 1. The summed E-state index contributed by atoms with van der Waals surface area (Å²) in [5.74, 6) is 0. The first-order valence-electron chi connectivity index (χ1n) is 3.29. The van der Waals surface area contributed by atoms with Crippen LogP contribution in [0.5, 0.6) is 0 Å². The predicted molar refractivity (Wildman–Crippen MR) is 47.4 cm³/mol. The zero-order chi connectivity index (χ0) is 7.56. The van der Waals surface area contributed by atoms with Gasteiger partial charge in [0, 0.05) is 5.02 Å². The average Bonchev–Trinajstić information content (AvgIpc) is 1.88. The smallest absolute Gasteiger partial charge is 0.0406 e. The maximum Gasteiger partial charge on any atom is 0.0406 e. The third-order valence-electron chi connectivity index (χ3n) is 1.54. The summed E-state index contributed by atoms with van der Waals surface area (Å²) in [4.78, 5) is 0. The Morgan fingerprint density at radius 2 is 2.10 bits per heavy atom. The fourth-order valence-electron chi connectivity index (χ4n) is 0.963. The highest BCUT2D eigenvalue weighted by atomic mass is 35.5. The summed E-state index contributed by atoms with van der Waals surface area (Å²) < 4.78 is 0. The lowest BCUT2D eigenvalue weighted by Crippen LogP contribution is -2.13. The van der Waals surface area contributed by atoms with Gasteiger partial charge in [0.15, 0.2) is 0 Å². The standard InChI is InChI=1S/C8H9BCl/c1-6-5-7(10)3-4-8(6)9-2/h3-5H,1-2H3/q-1. The minimum absolute atomic E-state index is 0.808. The van der Waals surface area contributed by atoms with E-state index in [-0.39, 0.29) is 0 Å². The van der Waals surface area contributed by atoms with Gasteiger partial charge in [0.1, 0.15) is 0 Å². The van der Waals surface area contributed by atoms with Crippen molar-refractivity contribution >= 4 is 24.3 Å². The van der Waals surface area contributed by atoms with E-state index in [0.717, 1.165) is 5.02 Å². The van der Waals surface area contributed by atoms with Gasteiger partial charge in [0.2, 0.25) is 0 Å². The summed E-state index contributed by atoms with van der Waals surface area (Å²) in [5, 5.41) is 0.808. The summed E-state index contributed by atoms with van der Waals surface area (Å²) in [7, 11) is 2.08. The summed E-state index contributed by atoms with van der Waals surface area (Å²) >= 11 is 5.76. The highest BCUT2D eigenvalue weighted by Gasteiger charge is 1.86. The van der Waals surface area contributed by atoms with Crippen LogP contribution in [0.2, 0.25) is 11.8 Å². The molecule has 0 aliphatic carbocycles. The first kappa shape index (κ1) is 7.68. The molecule has 0 nitrogen and oxygen atoms in total. The Bertz CT molecular complexity index is 233. The number of rotatable bonds is 1. The Labute approximate surface area is 67.5 Å². The molecule has 0 aromatic heterocycles. The zero-order valence-corrected chi connectivity index (χ0v) is 6.94. The van der Waals surface area contributed by atoms with Crippen molar-refractivity contribution in [1.82, 2.24) is 0 Å². The van der Waals surface area contributed by atoms with E-state index in [1.165, 1.54) is 11.0 Å². The molecule has 52 valence electrons. The van der Waals surface area contributed by atoms with Gasteiger partial charge in [-0.25, -0.2) is 6.82 Å². The molecule has 0 aliphatic heterocycles. The van der Waals surface area contributed by atoms with Crippen molar-refractivity contribution in [3.8, 4) is 0 Å². The van der Waals surface area contributed by atoms with Gasteiger partial charge >= 0.3 is 0 Å². The molecule has 1 rings (SSSR count). The van der Waals surface area contributed by atoms with Gasteiger partial charge in [0.25, 0.3) is 0 Å². The lowest BCUT2D eigenvalue weighted by atomic mass is 9.71. The molecular formula is C8H9BCl-. The molecule has 0 saturated heterocycles.